The van der Waals surface area contributed by atoms with Crippen LogP contribution in [0.15, 0.2) is 18.2 Å². The van der Waals surface area contributed by atoms with E-state index in [4.69, 9.17) is 9.47 Å². The van der Waals surface area contributed by atoms with Crippen molar-refractivity contribution in [3.63, 3.8) is 0 Å². The van der Waals surface area contributed by atoms with Gasteiger partial charge < -0.3 is 14.8 Å². The zero-order valence-corrected chi connectivity index (χ0v) is 12.7. The minimum Gasteiger partial charge on any atom is -0.483 e. The first-order chi connectivity index (χ1) is 10.0. The summed E-state index contributed by atoms with van der Waals surface area (Å²) in [6, 6.07) is 5.13. The molecule has 0 aromatic heterocycles. The van der Waals surface area contributed by atoms with Gasteiger partial charge in [-0.3, -0.25) is 10.1 Å². The van der Waals surface area contributed by atoms with Crippen molar-refractivity contribution in [3.8, 4) is 5.75 Å². The summed E-state index contributed by atoms with van der Waals surface area (Å²) >= 11 is 0. The molecule has 1 saturated heterocycles. The minimum atomic E-state index is -0.389. The summed E-state index contributed by atoms with van der Waals surface area (Å²) in [4.78, 5) is 11.0. The van der Waals surface area contributed by atoms with E-state index in [1.54, 1.807) is 18.2 Å². The van der Waals surface area contributed by atoms with E-state index >= 15 is 0 Å². The van der Waals surface area contributed by atoms with Gasteiger partial charge in [0.1, 0.15) is 11.8 Å². The Morgan fingerprint density at radius 1 is 1.38 bits per heavy atom. The monoisotopic (exact) mass is 294 g/mol. The maximum atomic E-state index is 11.3. The molecule has 1 N–H and O–H groups in total. The third-order valence-electron chi connectivity index (χ3n) is 3.50. The van der Waals surface area contributed by atoms with Crippen LogP contribution in [0.4, 0.5) is 11.4 Å². The molecule has 6 heteroatoms. The predicted octanol–water partition coefficient (Wildman–Crippen LogP) is 3.36. The Hall–Kier alpha value is -1.82. The van der Waals surface area contributed by atoms with Crippen LogP contribution in [-0.4, -0.2) is 29.8 Å². The fraction of sp³-hybridized carbons (Fsp3) is 0.600. The van der Waals surface area contributed by atoms with Crippen molar-refractivity contribution >= 4 is 11.4 Å². The lowest BCUT2D eigenvalue weighted by molar-refractivity contribution is -0.385. The number of hydrogen-bond acceptors (Lipinski definition) is 5. The van der Waals surface area contributed by atoms with Crippen LogP contribution >= 0.6 is 0 Å². The lowest BCUT2D eigenvalue weighted by Gasteiger charge is -2.32. The molecule has 1 fully saturated rings. The quantitative estimate of drug-likeness (QED) is 0.666. The summed E-state index contributed by atoms with van der Waals surface area (Å²) in [5.74, 6) is 0.324. The molecule has 6 nitrogen and oxygen atoms in total. The van der Waals surface area contributed by atoms with E-state index < -0.39 is 0 Å². The molecule has 0 aliphatic carbocycles. The number of nitrogens with one attached hydrogen (secondary N) is 1. The Labute approximate surface area is 124 Å². The summed E-state index contributed by atoms with van der Waals surface area (Å²) in [7, 11) is 0. The van der Waals surface area contributed by atoms with Gasteiger partial charge in [0.25, 0.3) is 0 Å². The highest BCUT2D eigenvalue weighted by molar-refractivity contribution is 5.68. The second-order valence-corrected chi connectivity index (χ2v) is 5.41. The van der Waals surface area contributed by atoms with E-state index in [1.807, 2.05) is 20.8 Å². The van der Waals surface area contributed by atoms with E-state index in [1.165, 1.54) is 0 Å². The van der Waals surface area contributed by atoms with Crippen molar-refractivity contribution < 1.29 is 14.4 Å². The van der Waals surface area contributed by atoms with Gasteiger partial charge in [-0.2, -0.15) is 0 Å². The van der Waals surface area contributed by atoms with E-state index in [2.05, 4.69) is 5.32 Å². The highest BCUT2D eigenvalue weighted by Crippen LogP contribution is 2.36. The Balaban J connectivity index is 2.22. The van der Waals surface area contributed by atoms with Gasteiger partial charge in [-0.15, -0.1) is 0 Å². The molecular weight excluding hydrogens is 272 g/mol. The Bertz CT molecular complexity index is 496. The van der Waals surface area contributed by atoms with Gasteiger partial charge in [-0.25, -0.2) is 0 Å². The number of hydrogen-bond donors (Lipinski definition) is 1. The number of benzene rings is 1. The molecule has 1 aromatic carbocycles. The second-order valence-electron chi connectivity index (χ2n) is 5.41. The number of anilines is 1. The van der Waals surface area contributed by atoms with E-state index in [0.29, 0.717) is 18.0 Å². The van der Waals surface area contributed by atoms with Crippen LogP contribution in [0.25, 0.3) is 0 Å². The van der Waals surface area contributed by atoms with E-state index in [0.717, 1.165) is 12.8 Å². The Kier molecular flexibility index (Phi) is 5.01. The topological polar surface area (TPSA) is 73.6 Å². The third-order valence-corrected chi connectivity index (χ3v) is 3.50. The van der Waals surface area contributed by atoms with E-state index in [-0.39, 0.29) is 28.9 Å². The van der Waals surface area contributed by atoms with Gasteiger partial charge in [-0.05, 0) is 32.9 Å². The highest BCUT2D eigenvalue weighted by Gasteiger charge is 2.29. The zero-order valence-electron chi connectivity index (χ0n) is 12.7. The molecule has 0 amide bonds. The normalized spacial score (nSPS) is 25.4. The maximum absolute atomic E-state index is 11.3. The van der Waals surface area contributed by atoms with Crippen LogP contribution < -0.4 is 10.1 Å². The van der Waals surface area contributed by atoms with Crippen LogP contribution in [0.1, 0.15) is 33.6 Å². The number of nitrogens with zero attached hydrogens (tertiary/aromatic N) is 1. The zero-order chi connectivity index (χ0) is 15.4. The van der Waals surface area contributed by atoms with Gasteiger partial charge in [0, 0.05) is 19.4 Å². The van der Waals surface area contributed by atoms with Crippen molar-refractivity contribution in [2.24, 2.45) is 0 Å². The van der Waals surface area contributed by atoms with Crippen LogP contribution in [-0.2, 0) is 4.74 Å². The second kappa shape index (κ2) is 6.76. The molecule has 2 unspecified atom stereocenters. The number of ether oxygens (including phenoxy) is 2. The SMILES string of the molecule is CCNc1cccc(OC2CC(C)OC(C)C2)c1[N+](=O)[O-]. The summed E-state index contributed by atoms with van der Waals surface area (Å²) in [5.41, 5.74) is 0.499. The Morgan fingerprint density at radius 2 is 2.05 bits per heavy atom. The van der Waals surface area contributed by atoms with Crippen molar-refractivity contribution in [1.29, 1.82) is 0 Å². The van der Waals surface area contributed by atoms with Crippen molar-refractivity contribution in [2.75, 3.05) is 11.9 Å². The first-order valence-corrected chi connectivity index (χ1v) is 7.34. The smallest absolute Gasteiger partial charge is 0.333 e. The van der Waals surface area contributed by atoms with Gasteiger partial charge >= 0.3 is 5.69 Å². The minimum absolute atomic E-state index is 0.00569. The first kappa shape index (κ1) is 15.6. The van der Waals surface area contributed by atoms with Crippen LogP contribution in [0.3, 0.4) is 0 Å². The molecule has 0 saturated carbocycles. The highest BCUT2D eigenvalue weighted by atomic mass is 16.6. The lowest BCUT2D eigenvalue weighted by atomic mass is 10.0. The molecule has 0 spiro atoms. The van der Waals surface area contributed by atoms with Crippen LogP contribution in [0.2, 0.25) is 0 Å². The molecule has 116 valence electrons. The third kappa shape index (κ3) is 3.85. The molecule has 21 heavy (non-hydrogen) atoms. The van der Waals surface area contributed by atoms with Gasteiger partial charge in [0.2, 0.25) is 0 Å². The molecule has 1 aromatic rings. The fourth-order valence-corrected chi connectivity index (χ4v) is 2.76. The fourth-order valence-electron chi connectivity index (χ4n) is 2.76. The Morgan fingerprint density at radius 3 is 2.62 bits per heavy atom. The lowest BCUT2D eigenvalue weighted by Crippen LogP contribution is -2.35. The van der Waals surface area contributed by atoms with E-state index in [9.17, 15) is 10.1 Å². The molecular formula is C15H22N2O4. The summed E-state index contributed by atoms with van der Waals surface area (Å²) in [6.07, 6.45) is 1.64. The molecule has 0 bridgehead atoms. The summed E-state index contributed by atoms with van der Waals surface area (Å²) in [6.45, 7) is 6.51. The van der Waals surface area contributed by atoms with Crippen molar-refractivity contribution in [2.45, 2.75) is 51.9 Å². The number of nitro benzene ring substituents is 1. The molecule has 1 aliphatic rings. The molecule has 1 aliphatic heterocycles. The summed E-state index contributed by atoms with van der Waals surface area (Å²) < 4.78 is 11.6. The first-order valence-electron chi connectivity index (χ1n) is 7.34. The number of rotatable bonds is 5. The van der Waals surface area contributed by atoms with Gasteiger partial charge in [-0.1, -0.05) is 6.07 Å². The molecule has 2 atom stereocenters. The largest absolute Gasteiger partial charge is 0.483 e. The van der Waals surface area contributed by atoms with Crippen LogP contribution in [0.5, 0.6) is 5.75 Å². The van der Waals surface area contributed by atoms with Crippen molar-refractivity contribution in [1.82, 2.24) is 0 Å². The number of nitro groups is 1. The maximum Gasteiger partial charge on any atom is 0.333 e. The average Bonchev–Trinajstić information content (AvgIpc) is 2.37. The van der Waals surface area contributed by atoms with Gasteiger partial charge in [0.15, 0.2) is 5.75 Å². The average molecular weight is 294 g/mol. The van der Waals surface area contributed by atoms with Gasteiger partial charge in [0.05, 0.1) is 17.1 Å². The number of para-hydroxylation sites is 1. The standard InChI is InChI=1S/C15H22N2O4/c1-4-16-13-6-5-7-14(15(13)17(18)19)21-12-8-10(2)20-11(3)9-12/h5-7,10-12,16H,4,8-9H2,1-3H3. The summed E-state index contributed by atoms with van der Waals surface area (Å²) in [5, 5.41) is 14.4. The predicted molar refractivity (Wildman–Crippen MR) is 80.9 cm³/mol. The van der Waals surface area contributed by atoms with Crippen molar-refractivity contribution in [3.05, 3.63) is 28.3 Å². The molecule has 0 radical (unpaired) electrons. The molecule has 2 rings (SSSR count). The molecule has 1 heterocycles. The van der Waals surface area contributed by atoms with Crippen LogP contribution in [0, 0.1) is 10.1 Å².